The van der Waals surface area contributed by atoms with E-state index < -0.39 is 5.97 Å². The van der Waals surface area contributed by atoms with Crippen molar-refractivity contribution in [1.29, 1.82) is 0 Å². The molecule has 0 aliphatic heterocycles. The van der Waals surface area contributed by atoms with E-state index >= 15 is 0 Å². The molecule has 0 aliphatic rings. The molecule has 17 heavy (non-hydrogen) atoms. The maximum atomic E-state index is 10.6. The third kappa shape index (κ3) is 4.34. The van der Waals surface area contributed by atoms with Crippen LogP contribution in [-0.4, -0.2) is 29.1 Å². The second-order valence-electron chi connectivity index (χ2n) is 4.24. The average molecular weight is 256 g/mol. The summed E-state index contributed by atoms with van der Waals surface area (Å²) in [7, 11) is 0. The van der Waals surface area contributed by atoms with Gasteiger partial charge in [0.05, 0.1) is 12.1 Å². The summed E-state index contributed by atoms with van der Waals surface area (Å²) in [5.74, 6) is -0.200. The molecule has 0 radical (unpaired) electrons. The highest BCUT2D eigenvalue weighted by molar-refractivity contribution is 7.13. The molecule has 0 saturated heterocycles. The molecule has 1 aromatic rings. The van der Waals surface area contributed by atoms with Gasteiger partial charge in [-0.1, -0.05) is 20.3 Å². The Labute approximate surface area is 106 Å². The molecule has 0 aliphatic carbocycles. The Balaban J connectivity index is 2.68. The van der Waals surface area contributed by atoms with Crippen molar-refractivity contribution in [3.63, 3.8) is 0 Å². The topological polar surface area (TPSA) is 53.4 Å². The fourth-order valence-corrected chi connectivity index (χ4v) is 2.43. The zero-order valence-corrected chi connectivity index (χ0v) is 11.5. The minimum Gasteiger partial charge on any atom is -0.481 e. The largest absolute Gasteiger partial charge is 0.481 e. The lowest BCUT2D eigenvalue weighted by molar-refractivity contribution is -0.136. The number of nitrogens with zero attached hydrogens (tertiary/aromatic N) is 2. The lowest BCUT2D eigenvalue weighted by Gasteiger charge is -2.23. The smallest absolute Gasteiger partial charge is 0.309 e. The fraction of sp³-hybridized carbons (Fsp3) is 0.667. The van der Waals surface area contributed by atoms with Crippen molar-refractivity contribution in [2.45, 2.75) is 33.6 Å². The van der Waals surface area contributed by atoms with E-state index in [4.69, 9.17) is 5.11 Å². The lowest BCUT2D eigenvalue weighted by Crippen LogP contribution is -2.27. The summed E-state index contributed by atoms with van der Waals surface area (Å²) in [5.41, 5.74) is 0.653. The van der Waals surface area contributed by atoms with Crippen LogP contribution in [0.25, 0.3) is 0 Å². The monoisotopic (exact) mass is 256 g/mol. The molecule has 1 atom stereocenters. The highest BCUT2D eigenvalue weighted by Gasteiger charge is 2.13. The van der Waals surface area contributed by atoms with Crippen LogP contribution in [0.15, 0.2) is 5.38 Å². The minimum atomic E-state index is -0.827. The van der Waals surface area contributed by atoms with Crippen molar-refractivity contribution < 1.29 is 9.90 Å². The Morgan fingerprint density at radius 1 is 1.59 bits per heavy atom. The molecule has 0 aromatic carbocycles. The summed E-state index contributed by atoms with van der Waals surface area (Å²) in [5, 5.41) is 11.5. The molecule has 0 bridgehead atoms. The molecule has 0 fully saturated rings. The highest BCUT2D eigenvalue weighted by Crippen LogP contribution is 2.22. The molecule has 1 aromatic heterocycles. The standard InChI is InChI=1S/C12H20N2O2S/c1-4-9(3)7-14(5-2)12-13-10(8-17-12)6-11(15)16/h8-9H,4-7H2,1-3H3,(H,15,16). The molecule has 1 N–H and O–H groups in total. The molecule has 5 heteroatoms. The normalized spacial score (nSPS) is 12.4. The second-order valence-corrected chi connectivity index (χ2v) is 5.08. The van der Waals surface area contributed by atoms with Gasteiger partial charge in [0.15, 0.2) is 5.13 Å². The van der Waals surface area contributed by atoms with Crippen LogP contribution in [0.4, 0.5) is 5.13 Å². The van der Waals surface area contributed by atoms with Crippen molar-refractivity contribution in [1.82, 2.24) is 4.98 Å². The van der Waals surface area contributed by atoms with Gasteiger partial charge in [-0.2, -0.15) is 0 Å². The van der Waals surface area contributed by atoms with Crippen molar-refractivity contribution in [2.24, 2.45) is 5.92 Å². The number of carboxylic acid groups (broad SMARTS) is 1. The first-order chi connectivity index (χ1) is 8.06. The number of carboxylic acids is 1. The Hall–Kier alpha value is -1.10. The maximum Gasteiger partial charge on any atom is 0.309 e. The summed E-state index contributed by atoms with van der Waals surface area (Å²) in [6.45, 7) is 8.38. The lowest BCUT2D eigenvalue weighted by atomic mass is 10.1. The molecule has 1 heterocycles. The molecular formula is C12H20N2O2S. The first-order valence-electron chi connectivity index (χ1n) is 5.97. The van der Waals surface area contributed by atoms with Crippen LogP contribution < -0.4 is 4.90 Å². The quantitative estimate of drug-likeness (QED) is 0.815. The predicted octanol–water partition coefficient (Wildman–Crippen LogP) is 2.64. The van der Waals surface area contributed by atoms with E-state index in [9.17, 15) is 4.79 Å². The molecule has 4 nitrogen and oxygen atoms in total. The molecule has 0 saturated carbocycles. The Morgan fingerprint density at radius 3 is 2.82 bits per heavy atom. The second kappa shape index (κ2) is 6.59. The predicted molar refractivity (Wildman–Crippen MR) is 70.8 cm³/mol. The number of hydrogen-bond donors (Lipinski definition) is 1. The molecule has 1 rings (SSSR count). The van der Waals surface area contributed by atoms with Crippen LogP contribution >= 0.6 is 11.3 Å². The first kappa shape index (κ1) is 14.0. The molecule has 0 spiro atoms. The van der Waals surface area contributed by atoms with E-state index in [2.05, 4.69) is 30.7 Å². The Morgan fingerprint density at radius 2 is 2.29 bits per heavy atom. The van der Waals surface area contributed by atoms with E-state index in [1.54, 1.807) is 0 Å². The van der Waals surface area contributed by atoms with Crippen molar-refractivity contribution in [3.05, 3.63) is 11.1 Å². The zero-order valence-electron chi connectivity index (χ0n) is 10.6. The van der Waals surface area contributed by atoms with Gasteiger partial charge >= 0.3 is 5.97 Å². The Bertz CT molecular complexity index is 365. The van der Waals surface area contributed by atoms with E-state index in [0.717, 1.165) is 24.6 Å². The van der Waals surface area contributed by atoms with E-state index in [1.807, 2.05) is 5.38 Å². The van der Waals surface area contributed by atoms with Crippen molar-refractivity contribution >= 4 is 22.4 Å². The van der Waals surface area contributed by atoms with Crippen molar-refractivity contribution in [2.75, 3.05) is 18.0 Å². The van der Waals surface area contributed by atoms with Gasteiger partial charge in [0.1, 0.15) is 0 Å². The van der Waals surface area contributed by atoms with Gasteiger partial charge in [0.2, 0.25) is 0 Å². The van der Waals surface area contributed by atoms with Crippen LogP contribution in [0, 0.1) is 5.92 Å². The van der Waals surface area contributed by atoms with Gasteiger partial charge in [-0.3, -0.25) is 4.79 Å². The van der Waals surface area contributed by atoms with Crippen LogP contribution in [0.2, 0.25) is 0 Å². The molecular weight excluding hydrogens is 236 g/mol. The number of aromatic nitrogens is 1. The number of rotatable bonds is 7. The number of anilines is 1. The summed E-state index contributed by atoms with van der Waals surface area (Å²) in [6.07, 6.45) is 1.15. The summed E-state index contributed by atoms with van der Waals surface area (Å²) in [6, 6.07) is 0. The zero-order chi connectivity index (χ0) is 12.8. The molecule has 96 valence electrons. The third-order valence-electron chi connectivity index (χ3n) is 2.75. The summed E-state index contributed by atoms with van der Waals surface area (Å²) < 4.78 is 0. The van der Waals surface area contributed by atoms with E-state index in [-0.39, 0.29) is 6.42 Å². The maximum absolute atomic E-state index is 10.6. The molecule has 1 unspecified atom stereocenters. The van der Waals surface area contributed by atoms with Gasteiger partial charge in [-0.25, -0.2) is 4.98 Å². The number of carbonyl (C=O) groups is 1. The van der Waals surface area contributed by atoms with E-state index in [1.165, 1.54) is 11.3 Å². The van der Waals surface area contributed by atoms with Crippen LogP contribution in [-0.2, 0) is 11.2 Å². The number of hydrogen-bond acceptors (Lipinski definition) is 4. The van der Waals surface area contributed by atoms with Crippen LogP contribution in [0.1, 0.15) is 32.9 Å². The van der Waals surface area contributed by atoms with Gasteiger partial charge in [-0.15, -0.1) is 11.3 Å². The van der Waals surface area contributed by atoms with E-state index in [0.29, 0.717) is 11.6 Å². The van der Waals surface area contributed by atoms with Crippen LogP contribution in [0.3, 0.4) is 0 Å². The van der Waals surface area contributed by atoms with Gasteiger partial charge in [-0.05, 0) is 12.8 Å². The van der Waals surface area contributed by atoms with Gasteiger partial charge < -0.3 is 10.0 Å². The SMILES string of the molecule is CCC(C)CN(CC)c1nc(CC(=O)O)cs1. The Kier molecular flexibility index (Phi) is 5.41. The van der Waals surface area contributed by atoms with Gasteiger partial charge in [0, 0.05) is 18.5 Å². The first-order valence-corrected chi connectivity index (χ1v) is 6.85. The summed E-state index contributed by atoms with van der Waals surface area (Å²) >= 11 is 1.53. The number of thiazole rings is 1. The van der Waals surface area contributed by atoms with Crippen molar-refractivity contribution in [3.8, 4) is 0 Å². The number of aliphatic carboxylic acids is 1. The third-order valence-corrected chi connectivity index (χ3v) is 3.70. The summed E-state index contributed by atoms with van der Waals surface area (Å²) in [4.78, 5) is 17.2. The molecule has 0 amide bonds. The van der Waals surface area contributed by atoms with Gasteiger partial charge in [0.25, 0.3) is 0 Å². The van der Waals surface area contributed by atoms with Crippen LogP contribution in [0.5, 0.6) is 0 Å². The average Bonchev–Trinajstić information content (AvgIpc) is 2.72. The fourth-order valence-electron chi connectivity index (χ4n) is 1.53. The minimum absolute atomic E-state index is 0.0113. The highest BCUT2D eigenvalue weighted by atomic mass is 32.1.